The fourth-order valence-electron chi connectivity index (χ4n) is 1.31. The Labute approximate surface area is 99.6 Å². The molecular formula is C13H15FOS. The van der Waals surface area contributed by atoms with Gasteiger partial charge in [0.1, 0.15) is 5.83 Å². The summed E-state index contributed by atoms with van der Waals surface area (Å²) in [5.74, 6) is -0.453. The van der Waals surface area contributed by atoms with E-state index in [1.807, 2.05) is 18.4 Å². The van der Waals surface area contributed by atoms with Gasteiger partial charge in [-0.25, -0.2) is 4.39 Å². The van der Waals surface area contributed by atoms with E-state index in [1.54, 1.807) is 18.4 Å². The van der Waals surface area contributed by atoms with Crippen LogP contribution in [0.1, 0.15) is 17.4 Å². The molecule has 0 unspecified atom stereocenters. The average molecular weight is 238 g/mol. The molecule has 1 heterocycles. The van der Waals surface area contributed by atoms with E-state index in [0.29, 0.717) is 6.61 Å². The Balaban J connectivity index is 2.84. The van der Waals surface area contributed by atoms with E-state index >= 15 is 0 Å². The van der Waals surface area contributed by atoms with Crippen LogP contribution in [0, 0.1) is 0 Å². The lowest BCUT2D eigenvalue weighted by Gasteiger charge is -2.02. The summed E-state index contributed by atoms with van der Waals surface area (Å²) in [5.41, 5.74) is 2.61. The normalized spacial score (nSPS) is 11.6. The highest BCUT2D eigenvalue weighted by Gasteiger charge is 2.05. The summed E-state index contributed by atoms with van der Waals surface area (Å²) in [6.07, 6.45) is 1.38. The van der Waals surface area contributed by atoms with Crippen molar-refractivity contribution in [2.24, 2.45) is 0 Å². The summed E-state index contributed by atoms with van der Waals surface area (Å²) in [4.78, 5) is 1.13. The molecule has 0 spiro atoms. The molecule has 0 fully saturated rings. The first-order valence-electron chi connectivity index (χ1n) is 4.83. The van der Waals surface area contributed by atoms with Gasteiger partial charge in [0.15, 0.2) is 0 Å². The molecule has 0 radical (unpaired) electrons. The predicted octanol–water partition coefficient (Wildman–Crippen LogP) is 4.34. The lowest BCUT2D eigenvalue weighted by molar-refractivity contribution is 0.187. The zero-order valence-electron chi connectivity index (χ0n) is 9.55. The third kappa shape index (κ3) is 3.43. The number of hydrogen-bond acceptors (Lipinski definition) is 2. The van der Waals surface area contributed by atoms with Crippen LogP contribution in [0.3, 0.4) is 0 Å². The van der Waals surface area contributed by atoms with Crippen molar-refractivity contribution < 1.29 is 9.13 Å². The first kappa shape index (κ1) is 12.9. The van der Waals surface area contributed by atoms with Crippen LogP contribution in [0.5, 0.6) is 0 Å². The molecule has 0 bridgehead atoms. The summed E-state index contributed by atoms with van der Waals surface area (Å²) in [6.45, 7) is 9.56. The van der Waals surface area contributed by atoms with E-state index in [0.717, 1.165) is 21.6 Å². The van der Waals surface area contributed by atoms with E-state index in [2.05, 4.69) is 13.2 Å². The van der Waals surface area contributed by atoms with Crippen LogP contribution in [0.15, 0.2) is 42.1 Å². The maximum atomic E-state index is 12.6. The molecule has 1 rings (SSSR count). The quantitative estimate of drug-likeness (QED) is 0.693. The van der Waals surface area contributed by atoms with E-state index in [1.165, 1.54) is 6.08 Å². The van der Waals surface area contributed by atoms with Crippen LogP contribution >= 0.6 is 11.3 Å². The molecule has 86 valence electrons. The average Bonchev–Trinajstić information content (AvgIpc) is 2.64. The summed E-state index contributed by atoms with van der Waals surface area (Å²) in [6, 6.07) is 2.01. The lowest BCUT2D eigenvalue weighted by Crippen LogP contribution is -1.84. The molecule has 0 N–H and O–H groups in total. The highest BCUT2D eigenvalue weighted by atomic mass is 32.1. The van der Waals surface area contributed by atoms with Crippen molar-refractivity contribution in [3.63, 3.8) is 0 Å². The smallest absolute Gasteiger partial charge is 0.116 e. The minimum atomic E-state index is -0.453. The van der Waals surface area contributed by atoms with Crippen molar-refractivity contribution in [3.8, 4) is 0 Å². The second-order valence-electron chi connectivity index (χ2n) is 3.49. The fraction of sp³-hybridized carbons (Fsp3) is 0.231. The Morgan fingerprint density at radius 2 is 2.25 bits per heavy atom. The van der Waals surface area contributed by atoms with Crippen LogP contribution < -0.4 is 0 Å². The molecule has 0 aromatic carbocycles. The summed E-state index contributed by atoms with van der Waals surface area (Å²) >= 11 is 1.61. The maximum absolute atomic E-state index is 12.6. The van der Waals surface area contributed by atoms with Crippen molar-refractivity contribution in [3.05, 3.63) is 52.5 Å². The zero-order chi connectivity index (χ0) is 12.1. The highest BCUT2D eigenvalue weighted by Crippen LogP contribution is 2.26. The minimum Gasteiger partial charge on any atom is -0.379 e. The van der Waals surface area contributed by atoms with Gasteiger partial charge in [0.05, 0.1) is 6.61 Å². The molecule has 0 saturated heterocycles. The highest BCUT2D eigenvalue weighted by molar-refractivity contribution is 7.10. The van der Waals surface area contributed by atoms with Gasteiger partial charge >= 0.3 is 0 Å². The number of ether oxygens (including phenoxy) is 1. The molecule has 0 saturated carbocycles. The fourth-order valence-corrected chi connectivity index (χ4v) is 2.18. The molecule has 0 aliphatic carbocycles. The monoisotopic (exact) mass is 238 g/mol. The summed E-state index contributed by atoms with van der Waals surface area (Å²) in [7, 11) is 1.66. The van der Waals surface area contributed by atoms with Crippen LogP contribution in [0.2, 0.25) is 0 Å². The predicted molar refractivity (Wildman–Crippen MR) is 68.1 cm³/mol. The Hall–Kier alpha value is -1.19. The Kier molecular flexibility index (Phi) is 4.65. The second-order valence-corrected chi connectivity index (χ2v) is 4.48. The number of allylic oxidation sites excluding steroid dienone is 4. The third-order valence-corrected chi connectivity index (χ3v) is 3.05. The first-order valence-corrected chi connectivity index (χ1v) is 5.71. The van der Waals surface area contributed by atoms with E-state index in [4.69, 9.17) is 4.74 Å². The van der Waals surface area contributed by atoms with Gasteiger partial charge in [-0.2, -0.15) is 0 Å². The van der Waals surface area contributed by atoms with E-state index < -0.39 is 5.83 Å². The van der Waals surface area contributed by atoms with Gasteiger partial charge in [-0.3, -0.25) is 0 Å². The van der Waals surface area contributed by atoms with Crippen LogP contribution in [-0.2, 0) is 11.3 Å². The standard InChI is InChI=1S/C13H15FOS/c1-9(5-10(2)14)11(3)12-6-13(7-15-4)16-8-12/h5-6,8H,2-3,7H2,1,4H3/b9-5-. The molecule has 1 aromatic rings. The first-order chi connectivity index (χ1) is 7.54. The molecule has 0 amide bonds. The Bertz CT molecular complexity index is 429. The molecule has 1 aromatic heterocycles. The molecule has 16 heavy (non-hydrogen) atoms. The number of halogens is 1. The van der Waals surface area contributed by atoms with Crippen molar-refractivity contribution in [1.29, 1.82) is 0 Å². The third-order valence-electron chi connectivity index (χ3n) is 2.14. The Morgan fingerprint density at radius 1 is 1.56 bits per heavy atom. The SMILES string of the molecule is C=C(F)/C=C(/C)C(=C)c1csc(COC)c1. The van der Waals surface area contributed by atoms with Gasteiger partial charge in [0, 0.05) is 12.0 Å². The van der Waals surface area contributed by atoms with E-state index in [-0.39, 0.29) is 0 Å². The molecule has 0 aliphatic heterocycles. The minimum absolute atomic E-state index is 0.453. The van der Waals surface area contributed by atoms with Crippen molar-refractivity contribution in [2.75, 3.05) is 7.11 Å². The van der Waals surface area contributed by atoms with Crippen LogP contribution in [-0.4, -0.2) is 7.11 Å². The number of rotatable bonds is 5. The summed E-state index contributed by atoms with van der Waals surface area (Å²) < 4.78 is 17.7. The number of thiophene rings is 1. The van der Waals surface area contributed by atoms with Gasteiger partial charge in [-0.1, -0.05) is 13.2 Å². The molecule has 1 nitrogen and oxygen atoms in total. The topological polar surface area (TPSA) is 9.23 Å². The van der Waals surface area contributed by atoms with Crippen molar-refractivity contribution in [2.45, 2.75) is 13.5 Å². The number of hydrogen-bond donors (Lipinski definition) is 0. The maximum Gasteiger partial charge on any atom is 0.116 e. The van der Waals surface area contributed by atoms with Gasteiger partial charge in [0.25, 0.3) is 0 Å². The molecule has 0 atom stereocenters. The number of methoxy groups -OCH3 is 1. The lowest BCUT2D eigenvalue weighted by atomic mass is 10.0. The second kappa shape index (κ2) is 5.77. The van der Waals surface area contributed by atoms with Gasteiger partial charge in [-0.05, 0) is 41.2 Å². The Morgan fingerprint density at radius 3 is 2.81 bits per heavy atom. The van der Waals surface area contributed by atoms with Gasteiger partial charge in [0.2, 0.25) is 0 Å². The summed E-state index contributed by atoms with van der Waals surface area (Å²) in [5, 5.41) is 2.00. The van der Waals surface area contributed by atoms with Crippen LogP contribution in [0.25, 0.3) is 5.57 Å². The van der Waals surface area contributed by atoms with Crippen molar-refractivity contribution in [1.82, 2.24) is 0 Å². The molecule has 0 aliphatic rings. The van der Waals surface area contributed by atoms with E-state index in [9.17, 15) is 4.39 Å². The van der Waals surface area contributed by atoms with Gasteiger partial charge < -0.3 is 4.74 Å². The molecule has 3 heteroatoms. The molecular weight excluding hydrogens is 223 g/mol. The van der Waals surface area contributed by atoms with Crippen molar-refractivity contribution >= 4 is 16.9 Å². The largest absolute Gasteiger partial charge is 0.379 e. The van der Waals surface area contributed by atoms with Gasteiger partial charge in [-0.15, -0.1) is 11.3 Å². The zero-order valence-corrected chi connectivity index (χ0v) is 10.4. The van der Waals surface area contributed by atoms with Crippen LogP contribution in [0.4, 0.5) is 4.39 Å².